The molecule has 9 unspecified atom stereocenters. The van der Waals surface area contributed by atoms with Crippen LogP contribution in [0.4, 0.5) is 10.6 Å². The first-order chi connectivity index (χ1) is 27.9. The second-order valence-corrected chi connectivity index (χ2v) is 15.2. The fourth-order valence-electron chi connectivity index (χ4n) is 8.44. The molecule has 0 radical (unpaired) electrons. The van der Waals surface area contributed by atoms with Crippen molar-refractivity contribution in [1.29, 1.82) is 0 Å². The quantitative estimate of drug-likeness (QED) is 0.107. The van der Waals surface area contributed by atoms with Crippen LogP contribution in [0.2, 0.25) is 0 Å². The Morgan fingerprint density at radius 3 is 2.46 bits per heavy atom. The van der Waals surface area contributed by atoms with Gasteiger partial charge in [0.1, 0.15) is 41.4 Å². The number of aliphatic hydroxyl groups excluding tert-OH is 1. The Morgan fingerprint density at radius 1 is 1.10 bits per heavy atom. The van der Waals surface area contributed by atoms with Gasteiger partial charge in [-0.3, -0.25) is 19.3 Å². The third kappa shape index (κ3) is 7.18. The van der Waals surface area contributed by atoms with E-state index < -0.39 is 125 Å². The van der Waals surface area contributed by atoms with Gasteiger partial charge in [-0.15, -0.1) is 0 Å². The summed E-state index contributed by atoms with van der Waals surface area (Å²) in [4.78, 5) is 70.9. The van der Waals surface area contributed by atoms with Crippen molar-refractivity contribution >= 4 is 29.3 Å². The molecular formula is C39H44N4O16. The zero-order valence-electron chi connectivity index (χ0n) is 32.9. The second-order valence-electron chi connectivity index (χ2n) is 15.2. The largest absolute Gasteiger partial charge is 0.507 e. The van der Waals surface area contributed by atoms with Crippen molar-refractivity contribution in [2.24, 2.45) is 7.05 Å². The number of ether oxygens (including phenoxy) is 6. The third-order valence-electron chi connectivity index (χ3n) is 11.4. The number of phenolic OH excluding ortho intramolecular Hbond substituents is 2. The Balaban J connectivity index is 1.25. The number of fused-ring (bicyclic) bond motifs is 4. The van der Waals surface area contributed by atoms with Gasteiger partial charge in [-0.25, -0.2) is 14.3 Å². The zero-order valence-corrected chi connectivity index (χ0v) is 32.9. The van der Waals surface area contributed by atoms with Crippen LogP contribution in [0.5, 0.6) is 17.2 Å². The number of phenols is 2. The number of carbonyl (C=O) groups excluding carboxylic acids is 4. The number of hydrogen-bond acceptors (Lipinski definition) is 17. The van der Waals surface area contributed by atoms with Crippen LogP contribution in [-0.4, -0.2) is 119 Å². The normalized spacial score (nSPS) is 28.1. The molecule has 9 atom stereocenters. The monoisotopic (exact) mass is 824 g/mol. The van der Waals surface area contributed by atoms with Gasteiger partial charge < -0.3 is 59.0 Å². The highest BCUT2D eigenvalue weighted by atomic mass is 16.7. The van der Waals surface area contributed by atoms with Crippen molar-refractivity contribution in [3.63, 3.8) is 0 Å². The van der Waals surface area contributed by atoms with Crippen LogP contribution in [-0.2, 0) is 48.6 Å². The van der Waals surface area contributed by atoms with Crippen molar-refractivity contribution < 1.29 is 72.9 Å². The number of nitro groups is 1. The van der Waals surface area contributed by atoms with Crippen LogP contribution >= 0.6 is 0 Å². The van der Waals surface area contributed by atoms with Crippen molar-refractivity contribution in [3.8, 4) is 17.2 Å². The molecule has 2 aliphatic carbocycles. The number of ketones is 3. The van der Waals surface area contributed by atoms with Crippen LogP contribution in [0.1, 0.15) is 102 Å². The minimum atomic E-state index is -2.17. The summed E-state index contributed by atoms with van der Waals surface area (Å²) in [6.07, 6.45) is -8.49. The van der Waals surface area contributed by atoms with Crippen LogP contribution in [0.25, 0.3) is 0 Å². The molecule has 59 heavy (non-hydrogen) atoms. The van der Waals surface area contributed by atoms with Crippen LogP contribution in [0.3, 0.4) is 0 Å². The molecule has 316 valence electrons. The lowest BCUT2D eigenvalue weighted by molar-refractivity contribution is -0.391. The Hall–Kier alpha value is -5.51. The maximum absolute atomic E-state index is 14.1. The highest BCUT2D eigenvalue weighted by Crippen LogP contribution is 2.53. The molecule has 7 rings (SSSR count). The highest BCUT2D eigenvalue weighted by molar-refractivity contribution is 6.31. The summed E-state index contributed by atoms with van der Waals surface area (Å²) in [5, 5.41) is 56.9. The van der Waals surface area contributed by atoms with Gasteiger partial charge in [-0.2, -0.15) is 0 Å². The molecule has 3 heterocycles. The molecular weight excluding hydrogens is 780 g/mol. The van der Waals surface area contributed by atoms with E-state index in [-0.39, 0.29) is 52.5 Å². The average molecular weight is 825 g/mol. The van der Waals surface area contributed by atoms with E-state index in [4.69, 9.17) is 28.4 Å². The number of amides is 1. The van der Waals surface area contributed by atoms with Crippen molar-refractivity contribution in [1.82, 2.24) is 14.5 Å². The number of rotatable bonds is 9. The second kappa shape index (κ2) is 15.6. The standard InChI is InChI=1S/C39H44N4O16/c1-16(44)10-27-57-19(4)42(38(50)55-15-25-40-14-26(41(25)5)43(52)53)22-11-28(56-17(2)37(22)59-27)58-24-13-39(51,18(3)45)12-21-30(24)36(49)32-31(34(21)47)33(46)20-8-7-9-23(54-6)29(20)35(32)48/h7-9,14,16-17,19,22,24,27-28,37,44,47,49,51H,10-13,15H2,1-6H3. The topological polar surface area (TPSA) is 269 Å². The summed E-state index contributed by atoms with van der Waals surface area (Å²) in [6.45, 7) is 5.41. The molecule has 20 heteroatoms. The van der Waals surface area contributed by atoms with Gasteiger partial charge in [0.15, 0.2) is 30.8 Å². The Kier molecular flexibility index (Phi) is 11.0. The number of imidazole rings is 1. The number of benzene rings is 2. The molecule has 0 saturated carbocycles. The molecule has 0 spiro atoms. The number of aliphatic hydroxyl groups is 2. The minimum absolute atomic E-state index is 0.0210. The maximum Gasteiger partial charge on any atom is 0.412 e. The molecule has 0 bridgehead atoms. The number of methoxy groups -OCH3 is 1. The number of aromatic nitrogens is 2. The molecule has 4 N–H and O–H groups in total. The van der Waals surface area contributed by atoms with E-state index in [0.29, 0.717) is 0 Å². The van der Waals surface area contributed by atoms with Crippen molar-refractivity contribution in [3.05, 3.63) is 73.7 Å². The number of nitrogens with zero attached hydrogens (tertiary/aromatic N) is 4. The molecule has 2 saturated heterocycles. The van der Waals surface area contributed by atoms with E-state index in [0.717, 1.165) is 17.7 Å². The van der Waals surface area contributed by atoms with Gasteiger partial charge in [0.2, 0.25) is 11.6 Å². The van der Waals surface area contributed by atoms with Crippen LogP contribution in [0.15, 0.2) is 24.4 Å². The van der Waals surface area contributed by atoms with Gasteiger partial charge in [-0.1, -0.05) is 12.1 Å². The Labute approximate surface area is 336 Å². The Bertz CT molecular complexity index is 2240. The van der Waals surface area contributed by atoms with Crippen LogP contribution < -0.4 is 4.74 Å². The molecule has 2 fully saturated rings. The molecule has 1 aromatic heterocycles. The van der Waals surface area contributed by atoms with Gasteiger partial charge >= 0.3 is 11.9 Å². The fourth-order valence-corrected chi connectivity index (χ4v) is 8.44. The van der Waals surface area contributed by atoms with E-state index in [2.05, 4.69) is 4.98 Å². The first kappa shape index (κ1) is 41.6. The number of Topliss-reactive ketones (excluding diaryl/α,β-unsaturated/α-hetero) is 1. The van der Waals surface area contributed by atoms with Gasteiger partial charge in [0.25, 0.3) is 0 Å². The lowest BCUT2D eigenvalue weighted by Crippen LogP contribution is -2.59. The minimum Gasteiger partial charge on any atom is -0.507 e. The summed E-state index contributed by atoms with van der Waals surface area (Å²) in [7, 11) is 2.70. The predicted octanol–water partition coefficient (Wildman–Crippen LogP) is 2.85. The average Bonchev–Trinajstić information content (AvgIpc) is 3.47. The van der Waals surface area contributed by atoms with Gasteiger partial charge in [0.05, 0.1) is 55.2 Å². The first-order valence-electron chi connectivity index (χ1n) is 18.9. The lowest BCUT2D eigenvalue weighted by atomic mass is 9.72. The summed E-state index contributed by atoms with van der Waals surface area (Å²) >= 11 is 0. The van der Waals surface area contributed by atoms with E-state index in [1.165, 1.54) is 44.2 Å². The number of hydrogen-bond donors (Lipinski definition) is 4. The molecule has 2 aliphatic heterocycles. The van der Waals surface area contributed by atoms with E-state index in [1.807, 2.05) is 0 Å². The third-order valence-corrected chi connectivity index (χ3v) is 11.4. The maximum atomic E-state index is 14.1. The summed E-state index contributed by atoms with van der Waals surface area (Å²) < 4.78 is 37.2. The smallest absolute Gasteiger partial charge is 0.412 e. The summed E-state index contributed by atoms with van der Waals surface area (Å²) in [5.74, 6) is -3.92. The summed E-state index contributed by atoms with van der Waals surface area (Å²) in [6, 6.07) is 3.40. The molecule has 20 nitrogen and oxygen atoms in total. The number of aromatic hydroxyl groups is 2. The number of carbonyl (C=O) groups is 4. The predicted molar refractivity (Wildman–Crippen MR) is 198 cm³/mol. The summed E-state index contributed by atoms with van der Waals surface area (Å²) in [5.41, 5.74) is -3.74. The van der Waals surface area contributed by atoms with Gasteiger partial charge in [0, 0.05) is 42.4 Å². The molecule has 3 aromatic rings. The highest BCUT2D eigenvalue weighted by Gasteiger charge is 2.52. The molecule has 4 aliphatic rings. The van der Waals surface area contributed by atoms with Crippen molar-refractivity contribution in [2.75, 3.05) is 7.11 Å². The SMILES string of the molecule is COc1cccc2c1C(=O)c1c(O)c3c(c(O)c1C2=O)CC(O)(C(C)=O)CC3OC1CC2C(OC(CC(C)O)OC(C)N2C(=O)OCc2ncc([N+](=O)[O-])n2C)C(C)O1. The fraction of sp³-hybridized carbons (Fsp3) is 0.513. The van der Waals surface area contributed by atoms with E-state index in [1.54, 1.807) is 13.8 Å². The van der Waals surface area contributed by atoms with Crippen molar-refractivity contribution in [2.45, 2.75) is 115 Å². The van der Waals surface area contributed by atoms with Crippen LogP contribution in [0, 0.1) is 10.1 Å². The Morgan fingerprint density at radius 2 is 1.81 bits per heavy atom. The van der Waals surface area contributed by atoms with Gasteiger partial charge in [-0.05, 0) is 38.7 Å². The van der Waals surface area contributed by atoms with E-state index in [9.17, 15) is 49.7 Å². The molecule has 2 aromatic carbocycles. The zero-order chi connectivity index (χ0) is 42.8. The first-order valence-corrected chi connectivity index (χ1v) is 18.9. The lowest BCUT2D eigenvalue weighted by Gasteiger charge is -2.45. The van der Waals surface area contributed by atoms with E-state index >= 15 is 0 Å². The molecule has 1 amide bonds.